The quantitative estimate of drug-likeness (QED) is 0.439. The zero-order chi connectivity index (χ0) is 15.3. The van der Waals surface area contributed by atoms with Gasteiger partial charge in [0.1, 0.15) is 5.78 Å². The molecule has 1 aromatic rings. The standard InChI is InChI=1S/C18H28BrNO/c1-2-3-4-5-6-7-8-9-10-11-18(21)14-17-13-12-16(19)15-20-17/h12-13,15H,2-11,14H2,1H3. The van der Waals surface area contributed by atoms with Crippen molar-refractivity contribution in [2.24, 2.45) is 0 Å². The third-order valence-electron chi connectivity index (χ3n) is 3.73. The highest BCUT2D eigenvalue weighted by molar-refractivity contribution is 9.10. The summed E-state index contributed by atoms with van der Waals surface area (Å²) < 4.78 is 0.956. The van der Waals surface area contributed by atoms with Crippen LogP contribution in [0.15, 0.2) is 22.8 Å². The highest BCUT2D eigenvalue weighted by atomic mass is 79.9. The van der Waals surface area contributed by atoms with Crippen molar-refractivity contribution < 1.29 is 4.79 Å². The van der Waals surface area contributed by atoms with Crippen LogP contribution in [0.1, 0.15) is 76.8 Å². The van der Waals surface area contributed by atoms with Crippen LogP contribution in [0.25, 0.3) is 0 Å². The van der Waals surface area contributed by atoms with Crippen LogP contribution < -0.4 is 0 Å². The number of rotatable bonds is 12. The van der Waals surface area contributed by atoms with Crippen LogP contribution in [0.5, 0.6) is 0 Å². The van der Waals surface area contributed by atoms with Crippen LogP contribution in [0, 0.1) is 0 Å². The minimum atomic E-state index is 0.313. The number of aromatic nitrogens is 1. The van der Waals surface area contributed by atoms with Crippen LogP contribution in [0.2, 0.25) is 0 Å². The molecule has 118 valence electrons. The predicted molar refractivity (Wildman–Crippen MR) is 92.5 cm³/mol. The van der Waals surface area contributed by atoms with Gasteiger partial charge in [-0.05, 0) is 34.5 Å². The van der Waals surface area contributed by atoms with Crippen LogP contribution in [0.3, 0.4) is 0 Å². The molecular formula is C18H28BrNO. The molecule has 0 aliphatic heterocycles. The van der Waals surface area contributed by atoms with E-state index in [2.05, 4.69) is 27.8 Å². The van der Waals surface area contributed by atoms with Crippen molar-refractivity contribution in [1.29, 1.82) is 0 Å². The second-order valence-electron chi connectivity index (χ2n) is 5.76. The molecule has 21 heavy (non-hydrogen) atoms. The van der Waals surface area contributed by atoms with Crippen LogP contribution in [0.4, 0.5) is 0 Å². The van der Waals surface area contributed by atoms with E-state index < -0.39 is 0 Å². The second kappa shape index (κ2) is 11.9. The maximum atomic E-state index is 11.9. The van der Waals surface area contributed by atoms with Crippen molar-refractivity contribution >= 4 is 21.7 Å². The zero-order valence-electron chi connectivity index (χ0n) is 13.2. The monoisotopic (exact) mass is 353 g/mol. The lowest BCUT2D eigenvalue weighted by atomic mass is 10.0. The third kappa shape index (κ3) is 9.78. The van der Waals surface area contributed by atoms with Gasteiger partial charge < -0.3 is 0 Å². The molecule has 2 nitrogen and oxygen atoms in total. The Hall–Kier alpha value is -0.700. The number of Topliss-reactive ketones (excluding diaryl/α,β-unsaturated/α-hetero) is 1. The summed E-state index contributed by atoms with van der Waals surface area (Å²) in [6.07, 6.45) is 14.6. The smallest absolute Gasteiger partial charge is 0.138 e. The van der Waals surface area contributed by atoms with Gasteiger partial charge in [-0.15, -0.1) is 0 Å². The Balaban J connectivity index is 1.97. The lowest BCUT2D eigenvalue weighted by molar-refractivity contribution is -0.118. The number of carbonyl (C=O) groups is 1. The van der Waals surface area contributed by atoms with Gasteiger partial charge in [-0.3, -0.25) is 9.78 Å². The Bertz CT molecular complexity index is 389. The molecule has 0 aromatic carbocycles. The highest BCUT2D eigenvalue weighted by Gasteiger charge is 2.04. The molecule has 0 N–H and O–H groups in total. The third-order valence-corrected chi connectivity index (χ3v) is 4.20. The van der Waals surface area contributed by atoms with Gasteiger partial charge in [-0.2, -0.15) is 0 Å². The number of carbonyl (C=O) groups excluding carboxylic acids is 1. The molecule has 1 rings (SSSR count). The van der Waals surface area contributed by atoms with Gasteiger partial charge in [-0.1, -0.05) is 58.3 Å². The average molecular weight is 354 g/mol. The molecule has 0 fully saturated rings. The summed E-state index contributed by atoms with van der Waals surface area (Å²) in [6, 6.07) is 3.85. The first-order valence-electron chi connectivity index (χ1n) is 8.34. The van der Waals surface area contributed by atoms with Gasteiger partial charge in [-0.25, -0.2) is 0 Å². The molecule has 0 saturated carbocycles. The van der Waals surface area contributed by atoms with Gasteiger partial charge in [0.25, 0.3) is 0 Å². The van der Waals surface area contributed by atoms with E-state index in [1.54, 1.807) is 6.20 Å². The summed E-state index contributed by atoms with van der Waals surface area (Å²) >= 11 is 3.35. The van der Waals surface area contributed by atoms with Crippen molar-refractivity contribution in [3.8, 4) is 0 Å². The summed E-state index contributed by atoms with van der Waals surface area (Å²) in [5.41, 5.74) is 0.874. The Morgan fingerprint density at radius 2 is 1.62 bits per heavy atom. The average Bonchev–Trinajstić information content (AvgIpc) is 2.48. The molecule has 0 aliphatic rings. The van der Waals surface area contributed by atoms with Gasteiger partial charge in [0, 0.05) is 29.2 Å². The first-order chi connectivity index (χ1) is 10.2. The summed E-state index contributed by atoms with van der Waals surface area (Å²) in [5, 5.41) is 0. The van der Waals surface area contributed by atoms with E-state index in [-0.39, 0.29) is 0 Å². The number of pyridine rings is 1. The summed E-state index contributed by atoms with van der Waals surface area (Å²) in [5.74, 6) is 0.313. The molecule has 0 radical (unpaired) electrons. The van der Waals surface area contributed by atoms with Crippen LogP contribution in [-0.4, -0.2) is 10.8 Å². The number of unbranched alkanes of at least 4 members (excludes halogenated alkanes) is 8. The molecule has 1 aromatic heterocycles. The Labute approximate surface area is 137 Å². The molecule has 1 heterocycles. The van der Waals surface area contributed by atoms with Crippen molar-refractivity contribution in [2.45, 2.75) is 77.6 Å². The van der Waals surface area contributed by atoms with E-state index in [4.69, 9.17) is 0 Å². The molecule has 0 aliphatic carbocycles. The topological polar surface area (TPSA) is 30.0 Å². The molecule has 3 heteroatoms. The summed E-state index contributed by atoms with van der Waals surface area (Å²) in [7, 11) is 0. The predicted octanol–water partition coefficient (Wildman–Crippen LogP) is 5.88. The van der Waals surface area contributed by atoms with Crippen molar-refractivity contribution in [2.75, 3.05) is 0 Å². The number of nitrogens with zero attached hydrogens (tertiary/aromatic N) is 1. The fourth-order valence-corrected chi connectivity index (χ4v) is 2.67. The normalized spacial score (nSPS) is 10.8. The largest absolute Gasteiger partial charge is 0.299 e. The highest BCUT2D eigenvalue weighted by Crippen LogP contribution is 2.12. The zero-order valence-corrected chi connectivity index (χ0v) is 14.8. The van der Waals surface area contributed by atoms with E-state index in [0.717, 1.165) is 16.6 Å². The van der Waals surface area contributed by atoms with Crippen molar-refractivity contribution in [1.82, 2.24) is 4.98 Å². The van der Waals surface area contributed by atoms with E-state index in [1.165, 1.54) is 51.4 Å². The molecule has 0 saturated heterocycles. The fourth-order valence-electron chi connectivity index (χ4n) is 2.43. The Kier molecular flexibility index (Phi) is 10.4. The van der Waals surface area contributed by atoms with Gasteiger partial charge in [0.2, 0.25) is 0 Å². The Morgan fingerprint density at radius 1 is 1.00 bits per heavy atom. The molecule has 0 amide bonds. The fraction of sp³-hybridized carbons (Fsp3) is 0.667. The van der Waals surface area contributed by atoms with Crippen molar-refractivity contribution in [3.05, 3.63) is 28.5 Å². The maximum absolute atomic E-state index is 11.9. The van der Waals surface area contributed by atoms with Gasteiger partial charge in [0.15, 0.2) is 0 Å². The van der Waals surface area contributed by atoms with E-state index >= 15 is 0 Å². The minimum absolute atomic E-state index is 0.313. The lowest BCUT2D eigenvalue weighted by Crippen LogP contribution is -2.04. The molecular weight excluding hydrogens is 326 g/mol. The van der Waals surface area contributed by atoms with E-state index in [1.807, 2.05) is 12.1 Å². The number of hydrogen-bond acceptors (Lipinski definition) is 2. The van der Waals surface area contributed by atoms with Crippen LogP contribution in [-0.2, 0) is 11.2 Å². The summed E-state index contributed by atoms with van der Waals surface area (Å²) in [6.45, 7) is 2.25. The first-order valence-corrected chi connectivity index (χ1v) is 9.14. The lowest BCUT2D eigenvalue weighted by Gasteiger charge is -2.03. The van der Waals surface area contributed by atoms with Gasteiger partial charge >= 0.3 is 0 Å². The molecule has 0 spiro atoms. The minimum Gasteiger partial charge on any atom is -0.299 e. The SMILES string of the molecule is CCCCCCCCCCCC(=O)Cc1ccc(Br)cn1. The summed E-state index contributed by atoms with van der Waals surface area (Å²) in [4.78, 5) is 16.1. The number of ketones is 1. The maximum Gasteiger partial charge on any atom is 0.138 e. The molecule has 0 unspecified atom stereocenters. The van der Waals surface area contributed by atoms with Crippen LogP contribution >= 0.6 is 15.9 Å². The molecule has 0 bridgehead atoms. The number of hydrogen-bond donors (Lipinski definition) is 0. The van der Waals surface area contributed by atoms with E-state index in [0.29, 0.717) is 18.6 Å². The Morgan fingerprint density at radius 3 is 2.19 bits per heavy atom. The first kappa shape index (κ1) is 18.3. The molecule has 0 atom stereocenters. The van der Waals surface area contributed by atoms with Gasteiger partial charge in [0.05, 0.1) is 0 Å². The number of halogens is 1. The van der Waals surface area contributed by atoms with E-state index in [9.17, 15) is 4.79 Å². The van der Waals surface area contributed by atoms with Crippen molar-refractivity contribution in [3.63, 3.8) is 0 Å². The second-order valence-corrected chi connectivity index (χ2v) is 6.68.